The number of methoxy groups -OCH3 is 1. The van der Waals surface area contributed by atoms with E-state index in [0.717, 1.165) is 4.90 Å². The second-order valence-electron chi connectivity index (χ2n) is 5.02. The molecule has 0 aromatic carbocycles. The van der Waals surface area contributed by atoms with Crippen LogP contribution >= 0.6 is 0 Å². The highest BCUT2D eigenvalue weighted by molar-refractivity contribution is 5.90. The molecule has 0 aliphatic carbocycles. The van der Waals surface area contributed by atoms with Gasteiger partial charge in [0, 0.05) is 6.42 Å². The number of carboxylic acid groups (broad SMARTS) is 1. The van der Waals surface area contributed by atoms with Crippen LogP contribution in [0.5, 0.6) is 0 Å². The Morgan fingerprint density at radius 1 is 1.22 bits per heavy atom. The van der Waals surface area contributed by atoms with Crippen molar-refractivity contribution in [2.75, 3.05) is 7.11 Å². The van der Waals surface area contributed by atoms with Crippen molar-refractivity contribution in [3.63, 3.8) is 0 Å². The third-order valence-corrected chi connectivity index (χ3v) is 2.48. The van der Waals surface area contributed by atoms with Crippen molar-refractivity contribution in [1.29, 1.82) is 0 Å². The van der Waals surface area contributed by atoms with E-state index in [2.05, 4.69) is 4.74 Å². The van der Waals surface area contributed by atoms with Crippen LogP contribution in [0.25, 0.3) is 0 Å². The number of rotatable bonds is 2. The zero-order valence-corrected chi connectivity index (χ0v) is 10.8. The predicted octanol–water partition coefficient (Wildman–Crippen LogP) is 0.622. The molecule has 0 saturated carbocycles. The highest BCUT2D eigenvalue weighted by Gasteiger charge is 2.51. The fourth-order valence-corrected chi connectivity index (χ4v) is 1.65. The number of hydrogen-bond donors (Lipinski definition) is 1. The summed E-state index contributed by atoms with van der Waals surface area (Å²) >= 11 is 0. The lowest BCUT2D eigenvalue weighted by molar-refractivity contribution is -0.164. The van der Waals surface area contributed by atoms with Gasteiger partial charge in [0.1, 0.15) is 17.7 Å². The maximum absolute atomic E-state index is 11.8. The van der Waals surface area contributed by atoms with Crippen LogP contribution in [0.3, 0.4) is 0 Å². The van der Waals surface area contributed by atoms with Gasteiger partial charge in [-0.25, -0.2) is 14.4 Å². The molecule has 1 heterocycles. The third kappa shape index (κ3) is 2.91. The van der Waals surface area contributed by atoms with Crippen molar-refractivity contribution in [2.24, 2.45) is 0 Å². The molecule has 102 valence electrons. The molecule has 7 heteroatoms. The Morgan fingerprint density at radius 3 is 2.17 bits per heavy atom. The molecule has 0 bridgehead atoms. The van der Waals surface area contributed by atoms with E-state index >= 15 is 0 Å². The Labute approximate surface area is 105 Å². The number of carbonyl (C=O) groups is 3. The Balaban J connectivity index is 2.81. The van der Waals surface area contributed by atoms with Crippen LogP contribution < -0.4 is 0 Å². The molecule has 0 aromatic rings. The average molecular weight is 259 g/mol. The van der Waals surface area contributed by atoms with Gasteiger partial charge in [-0.2, -0.15) is 0 Å². The number of carboxylic acids is 1. The zero-order chi connectivity index (χ0) is 14.1. The van der Waals surface area contributed by atoms with E-state index in [1.54, 1.807) is 20.8 Å². The van der Waals surface area contributed by atoms with Gasteiger partial charge in [0.15, 0.2) is 0 Å². The molecule has 18 heavy (non-hydrogen) atoms. The monoisotopic (exact) mass is 259 g/mol. The fourth-order valence-electron chi connectivity index (χ4n) is 1.65. The lowest BCUT2D eigenvalue weighted by Gasteiger charge is -2.44. The number of hydrogen-bond acceptors (Lipinski definition) is 5. The van der Waals surface area contributed by atoms with Gasteiger partial charge in [0.2, 0.25) is 0 Å². The minimum Gasteiger partial charge on any atom is -0.480 e. The maximum Gasteiger partial charge on any atom is 0.411 e. The first-order valence-electron chi connectivity index (χ1n) is 5.49. The normalized spacial score (nSPS) is 23.0. The first-order valence-corrected chi connectivity index (χ1v) is 5.49. The van der Waals surface area contributed by atoms with E-state index in [1.807, 2.05) is 0 Å². The molecule has 1 N–H and O–H groups in total. The molecule has 1 fully saturated rings. The minimum atomic E-state index is -1.17. The molecule has 0 unspecified atom stereocenters. The summed E-state index contributed by atoms with van der Waals surface area (Å²) in [5, 5.41) is 8.92. The number of esters is 1. The molecule has 0 radical (unpaired) electrons. The van der Waals surface area contributed by atoms with Gasteiger partial charge >= 0.3 is 18.0 Å². The van der Waals surface area contributed by atoms with E-state index in [9.17, 15) is 14.4 Å². The van der Waals surface area contributed by atoms with E-state index in [4.69, 9.17) is 9.84 Å². The van der Waals surface area contributed by atoms with Crippen LogP contribution in [-0.2, 0) is 19.1 Å². The van der Waals surface area contributed by atoms with Crippen molar-refractivity contribution in [3.8, 4) is 0 Å². The van der Waals surface area contributed by atoms with Crippen LogP contribution in [0.4, 0.5) is 4.79 Å². The first-order chi connectivity index (χ1) is 8.17. The Kier molecular flexibility index (Phi) is 3.83. The molecule has 1 aliphatic rings. The van der Waals surface area contributed by atoms with Gasteiger partial charge < -0.3 is 14.6 Å². The van der Waals surface area contributed by atoms with Gasteiger partial charge in [-0.15, -0.1) is 0 Å². The topological polar surface area (TPSA) is 93.1 Å². The highest BCUT2D eigenvalue weighted by atomic mass is 16.6. The van der Waals surface area contributed by atoms with Crippen LogP contribution in [0, 0.1) is 0 Å². The minimum absolute atomic E-state index is 0.0429. The molecule has 2 atom stereocenters. The van der Waals surface area contributed by atoms with E-state index in [-0.39, 0.29) is 6.42 Å². The number of ether oxygens (including phenoxy) is 2. The van der Waals surface area contributed by atoms with Crippen molar-refractivity contribution in [1.82, 2.24) is 4.90 Å². The van der Waals surface area contributed by atoms with Gasteiger partial charge in [-0.1, -0.05) is 0 Å². The lowest BCUT2D eigenvalue weighted by Crippen LogP contribution is -2.65. The molecule has 1 saturated heterocycles. The van der Waals surface area contributed by atoms with E-state index < -0.39 is 35.7 Å². The quantitative estimate of drug-likeness (QED) is 0.731. The Bertz CT molecular complexity index is 372. The van der Waals surface area contributed by atoms with Crippen molar-refractivity contribution in [2.45, 2.75) is 44.9 Å². The summed E-state index contributed by atoms with van der Waals surface area (Å²) in [6, 6.07) is -1.92. The summed E-state index contributed by atoms with van der Waals surface area (Å²) in [7, 11) is 1.18. The largest absolute Gasteiger partial charge is 0.480 e. The molecule has 0 aromatic heterocycles. The molecule has 1 rings (SSSR count). The first kappa shape index (κ1) is 14.3. The number of aliphatic carboxylic acids is 1. The SMILES string of the molecule is COC(=O)[C@@H]1C[C@H](C(=O)O)N1C(=O)OC(C)(C)C. The highest BCUT2D eigenvalue weighted by Crippen LogP contribution is 2.29. The molecule has 1 amide bonds. The summed E-state index contributed by atoms with van der Waals surface area (Å²) in [6.07, 6.45) is -0.780. The standard InChI is InChI=1S/C11H17NO6/c1-11(2,3)18-10(16)12-6(8(13)14)5-7(12)9(15)17-4/h6-7H,5H2,1-4H3,(H,13,14)/t6-,7+/m1/s1. The number of likely N-dealkylation sites (tertiary alicyclic amines) is 1. The van der Waals surface area contributed by atoms with Gasteiger partial charge in [-0.3, -0.25) is 4.90 Å². The van der Waals surface area contributed by atoms with E-state index in [1.165, 1.54) is 7.11 Å². The zero-order valence-electron chi connectivity index (χ0n) is 10.8. The molecule has 0 spiro atoms. The van der Waals surface area contributed by atoms with Crippen LogP contribution in [0.1, 0.15) is 27.2 Å². The van der Waals surface area contributed by atoms with Gasteiger partial charge in [0.25, 0.3) is 0 Å². The summed E-state index contributed by atoms with van der Waals surface area (Å²) in [4.78, 5) is 35.0. The number of amides is 1. The fraction of sp³-hybridized carbons (Fsp3) is 0.727. The number of nitrogens with zero attached hydrogens (tertiary/aromatic N) is 1. The summed E-state index contributed by atoms with van der Waals surface area (Å²) in [6.45, 7) is 4.98. The average Bonchev–Trinajstić information content (AvgIpc) is 2.11. The van der Waals surface area contributed by atoms with Crippen LogP contribution in [0.2, 0.25) is 0 Å². The van der Waals surface area contributed by atoms with E-state index in [0.29, 0.717) is 0 Å². The second kappa shape index (κ2) is 4.83. The number of carbonyl (C=O) groups excluding carboxylic acids is 2. The summed E-state index contributed by atoms with van der Waals surface area (Å²) in [5.74, 6) is -1.81. The van der Waals surface area contributed by atoms with Crippen LogP contribution in [0.15, 0.2) is 0 Å². The van der Waals surface area contributed by atoms with Crippen molar-refractivity contribution in [3.05, 3.63) is 0 Å². The third-order valence-electron chi connectivity index (χ3n) is 2.48. The Hall–Kier alpha value is -1.79. The van der Waals surface area contributed by atoms with Gasteiger partial charge in [-0.05, 0) is 20.8 Å². The molecule has 1 aliphatic heterocycles. The molecular weight excluding hydrogens is 242 g/mol. The van der Waals surface area contributed by atoms with Gasteiger partial charge in [0.05, 0.1) is 7.11 Å². The Morgan fingerprint density at radius 2 is 1.78 bits per heavy atom. The second-order valence-corrected chi connectivity index (χ2v) is 5.02. The predicted molar refractivity (Wildman–Crippen MR) is 59.9 cm³/mol. The summed E-state index contributed by atoms with van der Waals surface area (Å²) < 4.78 is 9.57. The summed E-state index contributed by atoms with van der Waals surface area (Å²) in [5.41, 5.74) is -0.754. The molecular formula is C11H17NO6. The van der Waals surface area contributed by atoms with Crippen molar-refractivity contribution >= 4 is 18.0 Å². The smallest absolute Gasteiger partial charge is 0.411 e. The van der Waals surface area contributed by atoms with Crippen LogP contribution in [-0.4, -0.2) is 52.8 Å². The molecule has 7 nitrogen and oxygen atoms in total. The van der Waals surface area contributed by atoms with Crippen molar-refractivity contribution < 1.29 is 29.0 Å². The lowest BCUT2D eigenvalue weighted by atomic mass is 9.93. The maximum atomic E-state index is 11.8.